The lowest BCUT2D eigenvalue weighted by molar-refractivity contribution is 0.0941. The average molecular weight is 293 g/mol. The van der Waals surface area contributed by atoms with Gasteiger partial charge in [-0.15, -0.1) is 0 Å². The van der Waals surface area contributed by atoms with Crippen molar-refractivity contribution in [1.82, 2.24) is 10.3 Å². The summed E-state index contributed by atoms with van der Waals surface area (Å²) in [5, 5.41) is 11.7. The van der Waals surface area contributed by atoms with Crippen LogP contribution in [0.15, 0.2) is 48.7 Å². The molecular weight excluding hydrogens is 278 g/mol. The van der Waals surface area contributed by atoms with E-state index in [1.54, 1.807) is 30.5 Å². The van der Waals surface area contributed by atoms with Crippen molar-refractivity contribution in [1.29, 1.82) is 5.26 Å². The van der Waals surface area contributed by atoms with E-state index in [0.717, 1.165) is 18.5 Å². The van der Waals surface area contributed by atoms with E-state index in [9.17, 15) is 4.79 Å². The highest BCUT2D eigenvalue weighted by Gasteiger charge is 2.44. The molecule has 110 valence electrons. The van der Waals surface area contributed by atoms with Crippen molar-refractivity contribution in [2.24, 2.45) is 0 Å². The number of nitrogens with zero attached hydrogens (tertiary/aromatic N) is 2. The summed E-state index contributed by atoms with van der Waals surface area (Å²) < 4.78 is 5.61. The maximum absolute atomic E-state index is 12.0. The molecule has 1 fully saturated rings. The van der Waals surface area contributed by atoms with Gasteiger partial charge in [0, 0.05) is 11.8 Å². The van der Waals surface area contributed by atoms with Gasteiger partial charge in [-0.25, -0.2) is 0 Å². The first-order valence-electron chi connectivity index (χ1n) is 7.07. The summed E-state index contributed by atoms with van der Waals surface area (Å²) in [4.78, 5) is 16.2. The molecule has 1 heterocycles. The second kappa shape index (κ2) is 5.86. The zero-order valence-corrected chi connectivity index (χ0v) is 12.0. The van der Waals surface area contributed by atoms with Gasteiger partial charge in [0.2, 0.25) is 0 Å². The van der Waals surface area contributed by atoms with Gasteiger partial charge in [-0.05, 0) is 49.2 Å². The van der Waals surface area contributed by atoms with E-state index < -0.39 is 5.54 Å². The lowest BCUT2D eigenvalue weighted by Gasteiger charge is -2.10. The fourth-order valence-corrected chi connectivity index (χ4v) is 2.02. The average Bonchev–Trinajstić information content (AvgIpc) is 3.34. The number of aromatic nitrogens is 1. The van der Waals surface area contributed by atoms with Crippen LogP contribution in [0.25, 0.3) is 0 Å². The predicted molar refractivity (Wildman–Crippen MR) is 80.1 cm³/mol. The summed E-state index contributed by atoms with van der Waals surface area (Å²) in [6.07, 6.45) is 3.16. The molecule has 3 rings (SSSR count). The summed E-state index contributed by atoms with van der Waals surface area (Å²) in [5.74, 6) is 0.443. The van der Waals surface area contributed by atoms with Gasteiger partial charge >= 0.3 is 0 Å². The van der Waals surface area contributed by atoms with Crippen molar-refractivity contribution in [3.8, 4) is 11.8 Å². The number of hydrogen-bond donors (Lipinski definition) is 1. The molecule has 22 heavy (non-hydrogen) atoms. The van der Waals surface area contributed by atoms with Crippen LogP contribution in [0.4, 0.5) is 0 Å². The molecule has 1 aliphatic rings. The zero-order chi connectivity index (χ0) is 15.4. The fourth-order valence-electron chi connectivity index (χ4n) is 2.02. The highest BCUT2D eigenvalue weighted by Crippen LogP contribution is 2.34. The third-order valence-corrected chi connectivity index (χ3v) is 3.55. The van der Waals surface area contributed by atoms with Crippen LogP contribution in [0.1, 0.15) is 28.9 Å². The summed E-state index contributed by atoms with van der Waals surface area (Å²) >= 11 is 0. The number of carbonyl (C=O) groups is 1. The number of amides is 1. The third kappa shape index (κ3) is 3.23. The monoisotopic (exact) mass is 293 g/mol. The molecule has 5 heteroatoms. The summed E-state index contributed by atoms with van der Waals surface area (Å²) in [5.41, 5.74) is 0.714. The van der Waals surface area contributed by atoms with Gasteiger partial charge in [-0.1, -0.05) is 6.07 Å². The van der Waals surface area contributed by atoms with Crippen LogP contribution in [0, 0.1) is 11.3 Å². The molecule has 2 aromatic rings. The maximum atomic E-state index is 12.0. The second-order valence-electron chi connectivity index (χ2n) is 5.28. The topological polar surface area (TPSA) is 75.0 Å². The normalized spacial score (nSPS) is 14.7. The van der Waals surface area contributed by atoms with Crippen molar-refractivity contribution in [3.63, 3.8) is 0 Å². The first-order chi connectivity index (χ1) is 10.7. The molecule has 0 saturated heterocycles. The maximum Gasteiger partial charge on any atom is 0.252 e. The summed E-state index contributed by atoms with van der Waals surface area (Å²) in [6.45, 7) is 0.379. The number of carbonyl (C=O) groups excluding carboxylic acids is 1. The molecular formula is C17H15N3O2. The van der Waals surface area contributed by atoms with Crippen molar-refractivity contribution in [3.05, 3.63) is 59.9 Å². The molecule has 0 spiro atoms. The molecule has 5 nitrogen and oxygen atoms in total. The summed E-state index contributed by atoms with van der Waals surface area (Å²) in [6, 6.07) is 14.6. The van der Waals surface area contributed by atoms with Crippen molar-refractivity contribution in [2.45, 2.75) is 25.0 Å². The largest absolute Gasteiger partial charge is 0.487 e. The number of nitrogens with one attached hydrogen (secondary N) is 1. The van der Waals surface area contributed by atoms with Crippen LogP contribution < -0.4 is 10.1 Å². The molecule has 1 aromatic heterocycles. The zero-order valence-electron chi connectivity index (χ0n) is 12.0. The molecule has 0 atom stereocenters. The van der Waals surface area contributed by atoms with Gasteiger partial charge in [-0.3, -0.25) is 9.78 Å². The van der Waals surface area contributed by atoms with Crippen LogP contribution in [-0.4, -0.2) is 16.4 Å². The van der Waals surface area contributed by atoms with Crippen LogP contribution in [-0.2, 0) is 6.61 Å². The van der Waals surface area contributed by atoms with E-state index in [2.05, 4.69) is 16.4 Å². The van der Waals surface area contributed by atoms with E-state index in [1.165, 1.54) is 0 Å². The Bertz CT molecular complexity index is 701. The second-order valence-corrected chi connectivity index (χ2v) is 5.28. The molecule has 0 bridgehead atoms. The van der Waals surface area contributed by atoms with Gasteiger partial charge in [-0.2, -0.15) is 5.26 Å². The Kier molecular flexibility index (Phi) is 3.75. The van der Waals surface area contributed by atoms with E-state index in [0.29, 0.717) is 17.9 Å². The molecule has 1 saturated carbocycles. The first kappa shape index (κ1) is 14.1. The Morgan fingerprint density at radius 3 is 2.64 bits per heavy atom. The van der Waals surface area contributed by atoms with E-state index in [4.69, 9.17) is 10.00 Å². The van der Waals surface area contributed by atoms with Gasteiger partial charge in [0.25, 0.3) is 5.91 Å². The van der Waals surface area contributed by atoms with E-state index in [-0.39, 0.29) is 5.91 Å². The number of nitriles is 1. The quantitative estimate of drug-likeness (QED) is 0.918. The minimum Gasteiger partial charge on any atom is -0.487 e. The highest BCUT2D eigenvalue weighted by molar-refractivity contribution is 5.95. The molecule has 1 aromatic carbocycles. The van der Waals surface area contributed by atoms with Crippen LogP contribution in [0.5, 0.6) is 5.75 Å². The Labute approximate surface area is 128 Å². The van der Waals surface area contributed by atoms with Gasteiger partial charge in [0.1, 0.15) is 17.9 Å². The molecule has 1 aliphatic carbocycles. The van der Waals surface area contributed by atoms with Gasteiger partial charge in [0.15, 0.2) is 0 Å². The van der Waals surface area contributed by atoms with Crippen LogP contribution >= 0.6 is 0 Å². The molecule has 0 unspecified atom stereocenters. The van der Waals surface area contributed by atoms with Crippen molar-refractivity contribution >= 4 is 5.91 Å². The van der Waals surface area contributed by atoms with Crippen LogP contribution in [0.2, 0.25) is 0 Å². The summed E-state index contributed by atoms with van der Waals surface area (Å²) in [7, 11) is 0. The number of rotatable bonds is 5. The number of pyridine rings is 1. The number of ether oxygens (including phenoxy) is 1. The Balaban J connectivity index is 1.58. The lowest BCUT2D eigenvalue weighted by atomic mass is 10.2. The first-order valence-corrected chi connectivity index (χ1v) is 7.07. The molecule has 1 N–H and O–H groups in total. The van der Waals surface area contributed by atoms with Gasteiger partial charge in [0.05, 0.1) is 11.8 Å². The number of hydrogen-bond acceptors (Lipinski definition) is 4. The number of benzene rings is 1. The lowest BCUT2D eigenvalue weighted by Crippen LogP contribution is -2.35. The molecule has 0 radical (unpaired) electrons. The molecule has 1 amide bonds. The van der Waals surface area contributed by atoms with Gasteiger partial charge < -0.3 is 10.1 Å². The molecule has 0 aliphatic heterocycles. The van der Waals surface area contributed by atoms with Crippen molar-refractivity contribution in [2.75, 3.05) is 0 Å². The minimum absolute atomic E-state index is 0.227. The highest BCUT2D eigenvalue weighted by atomic mass is 16.5. The Morgan fingerprint density at radius 1 is 1.27 bits per heavy atom. The van der Waals surface area contributed by atoms with Crippen LogP contribution in [0.3, 0.4) is 0 Å². The van der Waals surface area contributed by atoms with E-state index in [1.807, 2.05) is 18.2 Å². The SMILES string of the molecule is N#CC1(NC(=O)c2ccc(OCc3ccccn3)cc2)CC1. The predicted octanol–water partition coefficient (Wildman–Crippen LogP) is 2.45. The van der Waals surface area contributed by atoms with E-state index >= 15 is 0 Å². The Hall–Kier alpha value is -2.87. The smallest absolute Gasteiger partial charge is 0.252 e. The van der Waals surface area contributed by atoms with Crippen molar-refractivity contribution < 1.29 is 9.53 Å². The fraction of sp³-hybridized carbons (Fsp3) is 0.235. The third-order valence-electron chi connectivity index (χ3n) is 3.55. The minimum atomic E-state index is -0.648. The standard InChI is InChI=1S/C17H15N3O2/c18-12-17(8-9-17)20-16(21)13-4-6-15(7-5-13)22-11-14-3-1-2-10-19-14/h1-7,10H,8-9,11H2,(H,20,21). The Morgan fingerprint density at radius 2 is 2.05 bits per heavy atom.